The van der Waals surface area contributed by atoms with Crippen LogP contribution in [0.3, 0.4) is 0 Å². The number of aromatic nitrogens is 3. The van der Waals surface area contributed by atoms with Crippen LogP contribution in [0.1, 0.15) is 58.9 Å². The van der Waals surface area contributed by atoms with E-state index in [0.717, 1.165) is 37.0 Å². The molecule has 1 unspecified atom stereocenters. The van der Waals surface area contributed by atoms with Crippen molar-refractivity contribution >= 4 is 23.6 Å². The summed E-state index contributed by atoms with van der Waals surface area (Å²) in [6.45, 7) is 7.70. The van der Waals surface area contributed by atoms with Crippen molar-refractivity contribution in [1.82, 2.24) is 20.1 Å². The predicted molar refractivity (Wildman–Crippen MR) is 102 cm³/mol. The van der Waals surface area contributed by atoms with E-state index >= 15 is 0 Å². The third-order valence-electron chi connectivity index (χ3n) is 5.32. The molecular formula is C18H28N6OS. The molecule has 1 saturated carbocycles. The van der Waals surface area contributed by atoms with Gasteiger partial charge in [-0.3, -0.25) is 9.36 Å². The Labute approximate surface area is 159 Å². The van der Waals surface area contributed by atoms with Crippen LogP contribution in [0.5, 0.6) is 0 Å². The Morgan fingerprint density at radius 1 is 1.35 bits per heavy atom. The number of carbonyl (C=O) groups is 1. The molecular weight excluding hydrogens is 348 g/mol. The number of anilines is 1. The first-order valence-electron chi connectivity index (χ1n) is 9.49. The average Bonchev–Trinajstić information content (AvgIpc) is 3.39. The van der Waals surface area contributed by atoms with Gasteiger partial charge >= 0.3 is 0 Å². The Kier molecular flexibility index (Phi) is 5.76. The highest BCUT2D eigenvalue weighted by Gasteiger charge is 2.33. The molecule has 3 rings (SSSR count). The zero-order valence-electron chi connectivity index (χ0n) is 15.9. The summed E-state index contributed by atoms with van der Waals surface area (Å²) in [5.41, 5.74) is -0.846. The largest absolute Gasteiger partial charge is 0.341 e. The summed E-state index contributed by atoms with van der Waals surface area (Å²) in [5, 5.41) is 21.8. The fourth-order valence-corrected chi connectivity index (χ4v) is 3.89. The Balaban J connectivity index is 1.66. The Bertz CT molecular complexity index is 686. The molecule has 8 heteroatoms. The van der Waals surface area contributed by atoms with Crippen molar-refractivity contribution in [2.75, 3.05) is 23.7 Å². The molecule has 142 valence electrons. The molecule has 1 aliphatic heterocycles. The second-order valence-corrected chi connectivity index (χ2v) is 8.68. The number of amides is 1. The minimum atomic E-state index is -0.846. The zero-order valence-corrected chi connectivity index (χ0v) is 16.7. The second-order valence-electron chi connectivity index (χ2n) is 7.74. The summed E-state index contributed by atoms with van der Waals surface area (Å²) in [7, 11) is 0. The Morgan fingerprint density at radius 2 is 2.04 bits per heavy atom. The van der Waals surface area contributed by atoms with Gasteiger partial charge in [0.05, 0.1) is 11.8 Å². The summed E-state index contributed by atoms with van der Waals surface area (Å²) in [4.78, 5) is 14.7. The third kappa shape index (κ3) is 4.14. The van der Waals surface area contributed by atoms with E-state index in [0.29, 0.717) is 6.04 Å². The lowest BCUT2D eigenvalue weighted by Gasteiger charge is -2.28. The van der Waals surface area contributed by atoms with Gasteiger partial charge in [-0.15, -0.1) is 10.2 Å². The van der Waals surface area contributed by atoms with E-state index in [-0.39, 0.29) is 17.6 Å². The first kappa shape index (κ1) is 19.0. The summed E-state index contributed by atoms with van der Waals surface area (Å²) in [6, 6.07) is 2.68. The fraction of sp³-hybridized carbons (Fsp3) is 0.778. The lowest BCUT2D eigenvalue weighted by molar-refractivity contribution is -0.120. The molecule has 7 nitrogen and oxygen atoms in total. The molecule has 1 saturated heterocycles. The van der Waals surface area contributed by atoms with Crippen molar-refractivity contribution < 1.29 is 4.79 Å². The first-order valence-corrected chi connectivity index (χ1v) is 10.5. The van der Waals surface area contributed by atoms with Gasteiger partial charge in [-0.25, -0.2) is 0 Å². The van der Waals surface area contributed by atoms with Gasteiger partial charge in [0, 0.05) is 19.1 Å². The molecule has 2 fully saturated rings. The lowest BCUT2D eigenvalue weighted by atomic mass is 9.90. The number of rotatable bonds is 7. The van der Waals surface area contributed by atoms with Crippen LogP contribution in [-0.4, -0.2) is 45.1 Å². The Hall–Kier alpha value is -1.75. The fourth-order valence-electron chi connectivity index (χ4n) is 3.09. The zero-order chi connectivity index (χ0) is 18.7. The molecule has 2 aliphatic rings. The number of hydrogen-bond acceptors (Lipinski definition) is 6. The molecule has 1 amide bonds. The number of nitrogens with one attached hydrogen (secondary N) is 1. The highest BCUT2D eigenvalue weighted by Crippen LogP contribution is 2.41. The average molecular weight is 377 g/mol. The maximum absolute atomic E-state index is 12.3. The van der Waals surface area contributed by atoms with Gasteiger partial charge < -0.3 is 10.2 Å². The molecule has 26 heavy (non-hydrogen) atoms. The molecule has 1 aromatic rings. The standard InChI is InChI=1S/C18H28N6OS/c1-13(2)18(3,12-19)20-15(25)11-26-17-22-21-16(24(17)14-7-8-14)23-9-5-4-6-10-23/h13-14H,4-11H2,1-3H3,(H,20,25). The van der Waals surface area contributed by atoms with Crippen LogP contribution in [0.15, 0.2) is 5.16 Å². The number of piperidine rings is 1. The quantitative estimate of drug-likeness (QED) is 0.736. The van der Waals surface area contributed by atoms with Crippen LogP contribution in [0.25, 0.3) is 0 Å². The van der Waals surface area contributed by atoms with Crippen molar-refractivity contribution in [1.29, 1.82) is 5.26 Å². The van der Waals surface area contributed by atoms with Gasteiger partial charge in [0.15, 0.2) is 5.16 Å². The van der Waals surface area contributed by atoms with Gasteiger partial charge in [-0.1, -0.05) is 25.6 Å². The van der Waals surface area contributed by atoms with E-state index in [1.54, 1.807) is 6.92 Å². The smallest absolute Gasteiger partial charge is 0.231 e. The second kappa shape index (κ2) is 7.87. The molecule has 1 aliphatic carbocycles. The van der Waals surface area contributed by atoms with Gasteiger partial charge in [-0.2, -0.15) is 5.26 Å². The first-order chi connectivity index (χ1) is 12.4. The molecule has 0 bridgehead atoms. The number of thioether (sulfide) groups is 1. The van der Waals surface area contributed by atoms with Crippen molar-refractivity contribution in [3.05, 3.63) is 0 Å². The number of nitriles is 1. The Morgan fingerprint density at radius 3 is 2.62 bits per heavy atom. The lowest BCUT2D eigenvalue weighted by Crippen LogP contribution is -2.49. The predicted octanol–water partition coefficient (Wildman–Crippen LogP) is 2.75. The van der Waals surface area contributed by atoms with Crippen LogP contribution in [0, 0.1) is 17.2 Å². The number of hydrogen-bond donors (Lipinski definition) is 1. The third-order valence-corrected chi connectivity index (χ3v) is 6.26. The van der Waals surface area contributed by atoms with Crippen LogP contribution in [0.4, 0.5) is 5.95 Å². The van der Waals surface area contributed by atoms with Crippen molar-refractivity contribution in [2.45, 2.75) is 69.6 Å². The molecule has 0 spiro atoms. The van der Waals surface area contributed by atoms with Gasteiger partial charge in [-0.05, 0) is 44.9 Å². The highest BCUT2D eigenvalue weighted by atomic mass is 32.2. The summed E-state index contributed by atoms with van der Waals surface area (Å²) >= 11 is 1.41. The van der Waals surface area contributed by atoms with E-state index in [4.69, 9.17) is 0 Å². The van der Waals surface area contributed by atoms with Crippen molar-refractivity contribution in [2.24, 2.45) is 5.92 Å². The van der Waals surface area contributed by atoms with Crippen LogP contribution >= 0.6 is 11.8 Å². The molecule has 1 aromatic heterocycles. The van der Waals surface area contributed by atoms with Crippen molar-refractivity contribution in [3.8, 4) is 6.07 Å². The molecule has 1 N–H and O–H groups in total. The van der Waals surface area contributed by atoms with Crippen LogP contribution < -0.4 is 10.2 Å². The highest BCUT2D eigenvalue weighted by molar-refractivity contribution is 7.99. The summed E-state index contributed by atoms with van der Waals surface area (Å²) in [6.07, 6.45) is 5.98. The van der Waals surface area contributed by atoms with E-state index in [1.165, 1.54) is 31.0 Å². The summed E-state index contributed by atoms with van der Waals surface area (Å²) in [5.74, 6) is 1.11. The summed E-state index contributed by atoms with van der Waals surface area (Å²) < 4.78 is 2.22. The normalized spacial score (nSPS) is 19.9. The van der Waals surface area contributed by atoms with Crippen molar-refractivity contribution in [3.63, 3.8) is 0 Å². The molecule has 0 aromatic carbocycles. The molecule has 2 heterocycles. The van der Waals surface area contributed by atoms with Crippen LogP contribution in [-0.2, 0) is 4.79 Å². The molecule has 1 atom stereocenters. The van der Waals surface area contributed by atoms with Gasteiger partial charge in [0.1, 0.15) is 5.54 Å². The number of carbonyl (C=O) groups excluding carboxylic acids is 1. The van der Waals surface area contributed by atoms with Gasteiger partial charge in [0.2, 0.25) is 11.9 Å². The minimum Gasteiger partial charge on any atom is -0.341 e. The molecule has 0 radical (unpaired) electrons. The SMILES string of the molecule is CC(C)C(C)(C#N)NC(=O)CSc1nnc(N2CCCCC2)n1C1CC1. The minimum absolute atomic E-state index is 0.0438. The van der Waals surface area contributed by atoms with E-state index in [9.17, 15) is 10.1 Å². The van der Waals surface area contributed by atoms with Gasteiger partial charge in [0.25, 0.3) is 0 Å². The maximum atomic E-state index is 12.3. The number of nitrogens with zero attached hydrogens (tertiary/aromatic N) is 5. The van der Waals surface area contributed by atoms with E-state index in [1.807, 2.05) is 13.8 Å². The van der Waals surface area contributed by atoms with E-state index < -0.39 is 5.54 Å². The monoisotopic (exact) mass is 376 g/mol. The van der Waals surface area contributed by atoms with E-state index in [2.05, 4.69) is 31.1 Å². The topological polar surface area (TPSA) is 86.8 Å². The van der Waals surface area contributed by atoms with Crippen LogP contribution in [0.2, 0.25) is 0 Å². The maximum Gasteiger partial charge on any atom is 0.231 e.